The minimum atomic E-state index is -3.38. The van der Waals surface area contributed by atoms with Crippen LogP contribution in [0.25, 0.3) is 0 Å². The number of aryl methyl sites for hydroxylation is 2. The Bertz CT molecular complexity index is 535. The quantitative estimate of drug-likeness (QED) is 0.911. The molecule has 0 radical (unpaired) electrons. The van der Waals surface area contributed by atoms with Crippen LogP contribution in [0.3, 0.4) is 0 Å². The van der Waals surface area contributed by atoms with Crippen LogP contribution in [-0.4, -0.2) is 14.5 Å². The number of nitrogens with one attached hydrogen (secondary N) is 1. The molecule has 0 aromatic heterocycles. The molecule has 1 aliphatic rings. The lowest BCUT2D eigenvalue weighted by Crippen LogP contribution is -2.36. The molecular weight excluding hydrogens is 246 g/mol. The van der Waals surface area contributed by atoms with Crippen LogP contribution in [0.15, 0.2) is 23.1 Å². The van der Waals surface area contributed by atoms with Crippen LogP contribution in [-0.2, 0) is 22.9 Å². The van der Waals surface area contributed by atoms with E-state index in [1.54, 1.807) is 6.07 Å². The molecule has 0 spiro atoms. The molecule has 0 heterocycles. The largest absolute Gasteiger partial charge is 0.240 e. The van der Waals surface area contributed by atoms with Gasteiger partial charge >= 0.3 is 0 Å². The van der Waals surface area contributed by atoms with Crippen LogP contribution in [0.4, 0.5) is 0 Å². The molecule has 0 aliphatic heterocycles. The topological polar surface area (TPSA) is 46.2 Å². The van der Waals surface area contributed by atoms with Gasteiger partial charge < -0.3 is 0 Å². The maximum atomic E-state index is 12.2. The van der Waals surface area contributed by atoms with Crippen molar-refractivity contribution in [1.82, 2.24) is 4.72 Å². The average molecular weight is 267 g/mol. The number of hydrogen-bond donors (Lipinski definition) is 1. The molecule has 1 aromatic carbocycles. The number of rotatable bonds is 4. The van der Waals surface area contributed by atoms with E-state index < -0.39 is 10.0 Å². The van der Waals surface area contributed by atoms with Crippen molar-refractivity contribution < 1.29 is 8.42 Å². The van der Waals surface area contributed by atoms with Crippen molar-refractivity contribution in [2.75, 3.05) is 0 Å². The van der Waals surface area contributed by atoms with Gasteiger partial charge in [0, 0.05) is 6.04 Å². The molecule has 2 rings (SSSR count). The molecule has 0 saturated heterocycles. The summed E-state index contributed by atoms with van der Waals surface area (Å²) in [6.45, 7) is 5.92. The predicted octanol–water partition coefficient (Wildman–Crippen LogP) is 2.50. The van der Waals surface area contributed by atoms with Gasteiger partial charge in [-0.1, -0.05) is 19.9 Å². The van der Waals surface area contributed by atoms with Crippen LogP contribution in [0, 0.1) is 5.92 Å². The van der Waals surface area contributed by atoms with E-state index in [4.69, 9.17) is 0 Å². The van der Waals surface area contributed by atoms with E-state index in [2.05, 4.69) is 4.72 Å². The van der Waals surface area contributed by atoms with Gasteiger partial charge in [0.25, 0.3) is 0 Å². The zero-order chi connectivity index (χ0) is 13.3. The van der Waals surface area contributed by atoms with Crippen LogP contribution < -0.4 is 4.72 Å². The average Bonchev–Trinajstić information content (AvgIpc) is 2.74. The van der Waals surface area contributed by atoms with Crippen LogP contribution >= 0.6 is 0 Å². The third-order valence-electron chi connectivity index (χ3n) is 3.72. The zero-order valence-electron chi connectivity index (χ0n) is 11.2. The fourth-order valence-corrected chi connectivity index (χ4v) is 3.61. The molecule has 0 bridgehead atoms. The Morgan fingerprint density at radius 3 is 2.44 bits per heavy atom. The van der Waals surface area contributed by atoms with Crippen molar-refractivity contribution in [3.63, 3.8) is 0 Å². The normalized spacial score (nSPS) is 16.9. The molecule has 0 unspecified atom stereocenters. The zero-order valence-corrected chi connectivity index (χ0v) is 12.0. The molecular formula is C14H21NO2S. The molecule has 1 aromatic rings. The van der Waals surface area contributed by atoms with Gasteiger partial charge in [0.1, 0.15) is 0 Å². The highest BCUT2D eigenvalue weighted by atomic mass is 32.2. The Labute approximate surface area is 110 Å². The molecule has 18 heavy (non-hydrogen) atoms. The highest BCUT2D eigenvalue weighted by Crippen LogP contribution is 2.24. The van der Waals surface area contributed by atoms with Crippen LogP contribution in [0.1, 0.15) is 38.3 Å². The van der Waals surface area contributed by atoms with Gasteiger partial charge in [-0.3, -0.25) is 0 Å². The summed E-state index contributed by atoms with van der Waals surface area (Å²) in [7, 11) is -3.38. The summed E-state index contributed by atoms with van der Waals surface area (Å²) < 4.78 is 27.2. The highest BCUT2D eigenvalue weighted by Gasteiger charge is 2.21. The molecule has 3 nitrogen and oxygen atoms in total. The Balaban J connectivity index is 2.25. The summed E-state index contributed by atoms with van der Waals surface area (Å²) in [6, 6.07) is 5.46. The molecule has 1 atom stereocenters. The highest BCUT2D eigenvalue weighted by molar-refractivity contribution is 7.89. The first kappa shape index (κ1) is 13.6. The maximum absolute atomic E-state index is 12.2. The van der Waals surface area contributed by atoms with Gasteiger partial charge in [0.15, 0.2) is 0 Å². The molecule has 0 amide bonds. The lowest BCUT2D eigenvalue weighted by atomic mass is 10.1. The number of benzene rings is 1. The Kier molecular flexibility index (Phi) is 3.78. The molecule has 0 saturated carbocycles. The lowest BCUT2D eigenvalue weighted by molar-refractivity contribution is 0.476. The van der Waals surface area contributed by atoms with Crippen LogP contribution in [0.5, 0.6) is 0 Å². The van der Waals surface area contributed by atoms with Crippen molar-refractivity contribution in [2.45, 2.75) is 51.0 Å². The van der Waals surface area contributed by atoms with Crippen molar-refractivity contribution in [1.29, 1.82) is 0 Å². The van der Waals surface area contributed by atoms with E-state index in [0.717, 1.165) is 19.3 Å². The van der Waals surface area contributed by atoms with Crippen molar-refractivity contribution in [3.8, 4) is 0 Å². The fraction of sp³-hybridized carbons (Fsp3) is 0.571. The second kappa shape index (κ2) is 5.02. The Morgan fingerprint density at radius 1 is 1.11 bits per heavy atom. The summed E-state index contributed by atoms with van der Waals surface area (Å²) in [5.41, 5.74) is 2.49. The smallest absolute Gasteiger partial charge is 0.208 e. The van der Waals surface area contributed by atoms with E-state index in [0.29, 0.717) is 4.90 Å². The Morgan fingerprint density at radius 2 is 1.78 bits per heavy atom. The lowest BCUT2D eigenvalue weighted by Gasteiger charge is -2.17. The van der Waals surface area contributed by atoms with E-state index in [-0.39, 0.29) is 12.0 Å². The summed E-state index contributed by atoms with van der Waals surface area (Å²) in [5.74, 6) is 0.286. The predicted molar refractivity (Wildman–Crippen MR) is 73.1 cm³/mol. The third kappa shape index (κ3) is 2.75. The van der Waals surface area contributed by atoms with Gasteiger partial charge in [-0.2, -0.15) is 0 Å². The van der Waals surface area contributed by atoms with Gasteiger partial charge in [0.05, 0.1) is 4.90 Å². The summed E-state index contributed by atoms with van der Waals surface area (Å²) in [5, 5.41) is 0. The Hall–Kier alpha value is -0.870. The summed E-state index contributed by atoms with van der Waals surface area (Å²) in [6.07, 6.45) is 3.21. The molecule has 100 valence electrons. The molecule has 0 fully saturated rings. The van der Waals surface area contributed by atoms with Crippen molar-refractivity contribution in [3.05, 3.63) is 29.3 Å². The van der Waals surface area contributed by atoms with Crippen molar-refractivity contribution in [2.24, 2.45) is 5.92 Å². The van der Waals surface area contributed by atoms with E-state index >= 15 is 0 Å². The standard InChI is InChI=1S/C14H21NO2S/c1-10(2)11(3)15-18(16,17)14-8-7-12-5-4-6-13(12)9-14/h7-11,15H,4-6H2,1-3H3/t11-/m0/s1. The SMILES string of the molecule is CC(C)[C@H](C)NS(=O)(=O)c1ccc2c(c1)CCC2. The first-order valence-electron chi connectivity index (χ1n) is 6.54. The van der Waals surface area contributed by atoms with Gasteiger partial charge in [-0.15, -0.1) is 0 Å². The minimum Gasteiger partial charge on any atom is -0.208 e. The molecule has 4 heteroatoms. The summed E-state index contributed by atoms with van der Waals surface area (Å²) >= 11 is 0. The second-order valence-corrected chi connectivity index (χ2v) is 7.15. The van der Waals surface area contributed by atoms with E-state index in [1.165, 1.54) is 11.1 Å². The third-order valence-corrected chi connectivity index (χ3v) is 5.28. The monoisotopic (exact) mass is 267 g/mol. The first-order chi connectivity index (χ1) is 8.40. The molecule has 1 N–H and O–H groups in total. The number of fused-ring (bicyclic) bond motifs is 1. The van der Waals surface area contributed by atoms with Crippen LogP contribution in [0.2, 0.25) is 0 Å². The summed E-state index contributed by atoms with van der Waals surface area (Å²) in [4.78, 5) is 0.399. The fourth-order valence-electron chi connectivity index (χ4n) is 2.16. The molecule has 1 aliphatic carbocycles. The van der Waals surface area contributed by atoms with E-state index in [9.17, 15) is 8.42 Å². The van der Waals surface area contributed by atoms with Gasteiger partial charge in [0.2, 0.25) is 10.0 Å². The minimum absolute atomic E-state index is 0.0525. The van der Waals surface area contributed by atoms with Crippen molar-refractivity contribution >= 4 is 10.0 Å². The van der Waals surface area contributed by atoms with Gasteiger partial charge in [-0.05, 0) is 55.4 Å². The number of sulfonamides is 1. The van der Waals surface area contributed by atoms with Gasteiger partial charge in [-0.25, -0.2) is 13.1 Å². The van der Waals surface area contributed by atoms with E-state index in [1.807, 2.05) is 32.9 Å². The maximum Gasteiger partial charge on any atom is 0.240 e. The second-order valence-electron chi connectivity index (χ2n) is 5.44. The number of hydrogen-bond acceptors (Lipinski definition) is 2. The first-order valence-corrected chi connectivity index (χ1v) is 8.02.